The van der Waals surface area contributed by atoms with Crippen LogP contribution < -0.4 is 5.32 Å². The minimum absolute atomic E-state index is 0.193. The molecule has 0 aromatic carbocycles. The average Bonchev–Trinajstić information content (AvgIpc) is 2.91. The second-order valence-electron chi connectivity index (χ2n) is 3.73. The fourth-order valence-corrected chi connectivity index (χ4v) is 1.44. The van der Waals surface area contributed by atoms with Crippen molar-refractivity contribution in [2.75, 3.05) is 19.4 Å². The minimum atomic E-state index is -0.193. The third-order valence-corrected chi connectivity index (χ3v) is 2.42. The lowest BCUT2D eigenvalue weighted by molar-refractivity contribution is 0.0775. The lowest BCUT2D eigenvalue weighted by Crippen LogP contribution is -2.27. The van der Waals surface area contributed by atoms with Crippen molar-refractivity contribution in [3.63, 3.8) is 0 Å². The van der Waals surface area contributed by atoms with Crippen LogP contribution in [-0.2, 0) is 6.54 Å². The summed E-state index contributed by atoms with van der Waals surface area (Å²) in [5, 5.41) is 2.85. The molecule has 2 aromatic heterocycles. The van der Waals surface area contributed by atoms with E-state index in [4.69, 9.17) is 0 Å². The first-order valence-electron chi connectivity index (χ1n) is 5.44. The van der Waals surface area contributed by atoms with E-state index in [9.17, 15) is 4.79 Å². The molecule has 1 amide bonds. The number of rotatable bonds is 4. The molecule has 0 fully saturated rings. The maximum atomic E-state index is 12.0. The van der Waals surface area contributed by atoms with Gasteiger partial charge in [-0.1, -0.05) is 0 Å². The molecule has 0 aliphatic rings. The second kappa shape index (κ2) is 5.26. The van der Waals surface area contributed by atoms with Gasteiger partial charge in [-0.3, -0.25) is 4.79 Å². The number of H-pyrrole nitrogens is 1. The molecule has 2 rings (SSSR count). The number of hydrogen-bond acceptors (Lipinski definition) is 5. The van der Waals surface area contributed by atoms with Gasteiger partial charge >= 0.3 is 0 Å². The second-order valence-corrected chi connectivity index (χ2v) is 3.73. The molecular formula is C11H14N6O. The number of nitrogens with zero attached hydrogens (tertiary/aromatic N) is 4. The molecule has 18 heavy (non-hydrogen) atoms. The third kappa shape index (κ3) is 2.62. The number of amides is 1. The van der Waals surface area contributed by atoms with E-state index < -0.39 is 0 Å². The van der Waals surface area contributed by atoms with E-state index in [1.807, 2.05) is 0 Å². The number of aromatic amines is 1. The summed E-state index contributed by atoms with van der Waals surface area (Å²) >= 11 is 0. The van der Waals surface area contributed by atoms with E-state index in [1.54, 1.807) is 26.5 Å². The van der Waals surface area contributed by atoms with Crippen LogP contribution in [0.1, 0.15) is 16.3 Å². The van der Waals surface area contributed by atoms with Gasteiger partial charge in [0.2, 0.25) is 0 Å². The topological polar surface area (TPSA) is 86.8 Å². The Morgan fingerprint density at radius 2 is 2.22 bits per heavy atom. The van der Waals surface area contributed by atoms with E-state index in [1.165, 1.54) is 17.3 Å². The highest BCUT2D eigenvalue weighted by Gasteiger charge is 2.14. The number of anilines is 1. The number of aromatic nitrogens is 4. The zero-order valence-electron chi connectivity index (χ0n) is 10.2. The van der Waals surface area contributed by atoms with Gasteiger partial charge in [-0.05, 0) is 0 Å². The first-order chi connectivity index (χ1) is 8.70. The van der Waals surface area contributed by atoms with Crippen molar-refractivity contribution in [3.05, 3.63) is 36.3 Å². The van der Waals surface area contributed by atoms with Gasteiger partial charge in [0.05, 0.1) is 18.9 Å². The summed E-state index contributed by atoms with van der Waals surface area (Å²) in [7, 11) is 3.44. The maximum Gasteiger partial charge on any atom is 0.274 e. The first-order valence-corrected chi connectivity index (χ1v) is 5.44. The Bertz CT molecular complexity index is 507. The van der Waals surface area contributed by atoms with Crippen LogP contribution in [0.3, 0.4) is 0 Å². The van der Waals surface area contributed by atoms with E-state index >= 15 is 0 Å². The van der Waals surface area contributed by atoms with Gasteiger partial charge in [-0.25, -0.2) is 15.0 Å². The molecule has 7 nitrogen and oxygen atoms in total. The zero-order chi connectivity index (χ0) is 13.0. The Balaban J connectivity index is 2.05. The van der Waals surface area contributed by atoms with Gasteiger partial charge in [0.1, 0.15) is 17.3 Å². The molecule has 0 radical (unpaired) electrons. The number of carbonyl (C=O) groups is 1. The lowest BCUT2D eigenvalue weighted by atomic mass is 10.3. The van der Waals surface area contributed by atoms with Crippen LogP contribution in [0.5, 0.6) is 0 Å². The van der Waals surface area contributed by atoms with Gasteiger partial charge in [0.25, 0.3) is 5.91 Å². The van der Waals surface area contributed by atoms with Crippen LogP contribution in [0, 0.1) is 0 Å². The van der Waals surface area contributed by atoms with Crippen LogP contribution in [0.2, 0.25) is 0 Å². The van der Waals surface area contributed by atoms with Crippen molar-refractivity contribution >= 4 is 11.7 Å². The van der Waals surface area contributed by atoms with Gasteiger partial charge in [-0.15, -0.1) is 0 Å². The number of imidazole rings is 1. The Hall–Kier alpha value is -2.44. The molecule has 0 unspecified atom stereocenters. The van der Waals surface area contributed by atoms with Gasteiger partial charge in [0, 0.05) is 26.5 Å². The summed E-state index contributed by atoms with van der Waals surface area (Å²) in [6, 6.07) is 0. The molecule has 2 heterocycles. The largest absolute Gasteiger partial charge is 0.372 e. The average molecular weight is 246 g/mol. The summed E-state index contributed by atoms with van der Waals surface area (Å²) < 4.78 is 0. The highest BCUT2D eigenvalue weighted by Crippen LogP contribution is 2.04. The summed E-state index contributed by atoms with van der Waals surface area (Å²) in [6.45, 7) is 0.404. The highest BCUT2D eigenvalue weighted by molar-refractivity contribution is 5.91. The fourth-order valence-electron chi connectivity index (χ4n) is 1.44. The monoisotopic (exact) mass is 246 g/mol. The molecule has 2 N–H and O–H groups in total. The van der Waals surface area contributed by atoms with E-state index in [-0.39, 0.29) is 5.91 Å². The molecule has 2 aromatic rings. The predicted octanol–water partition coefficient (Wildman–Crippen LogP) is 0.514. The normalized spacial score (nSPS) is 10.1. The van der Waals surface area contributed by atoms with Crippen LogP contribution >= 0.6 is 0 Å². The van der Waals surface area contributed by atoms with Crippen LogP contribution in [0.25, 0.3) is 0 Å². The van der Waals surface area contributed by atoms with Crippen molar-refractivity contribution in [2.24, 2.45) is 0 Å². The first kappa shape index (κ1) is 12.0. The fraction of sp³-hybridized carbons (Fsp3) is 0.273. The van der Waals surface area contributed by atoms with E-state index in [0.29, 0.717) is 18.1 Å². The van der Waals surface area contributed by atoms with Crippen LogP contribution in [0.15, 0.2) is 24.8 Å². The highest BCUT2D eigenvalue weighted by atomic mass is 16.2. The molecule has 0 spiro atoms. The van der Waals surface area contributed by atoms with E-state index in [2.05, 4.69) is 25.3 Å². The van der Waals surface area contributed by atoms with Gasteiger partial charge in [-0.2, -0.15) is 0 Å². The van der Waals surface area contributed by atoms with Gasteiger partial charge in [0.15, 0.2) is 0 Å². The summed E-state index contributed by atoms with van der Waals surface area (Å²) in [6.07, 6.45) is 6.34. The van der Waals surface area contributed by atoms with Crippen LogP contribution in [0.4, 0.5) is 5.82 Å². The van der Waals surface area contributed by atoms with Crippen molar-refractivity contribution in [3.8, 4) is 0 Å². The summed E-state index contributed by atoms with van der Waals surface area (Å²) in [4.78, 5) is 28.7. The molecule has 0 aliphatic heterocycles. The Kier molecular flexibility index (Phi) is 3.52. The Morgan fingerprint density at radius 1 is 1.39 bits per heavy atom. The Morgan fingerprint density at radius 3 is 2.78 bits per heavy atom. The SMILES string of the molecule is CNc1cnc(C(=O)N(C)Cc2ncc[nH]2)cn1. The smallest absolute Gasteiger partial charge is 0.274 e. The van der Waals surface area contributed by atoms with Gasteiger partial charge < -0.3 is 15.2 Å². The quantitative estimate of drug-likeness (QED) is 0.821. The molecule has 0 bridgehead atoms. The number of hydrogen-bond donors (Lipinski definition) is 2. The van der Waals surface area contributed by atoms with E-state index in [0.717, 1.165) is 5.82 Å². The maximum absolute atomic E-state index is 12.0. The summed E-state index contributed by atoms with van der Waals surface area (Å²) in [5.74, 6) is 1.16. The predicted molar refractivity (Wildman–Crippen MR) is 66.0 cm³/mol. The van der Waals surface area contributed by atoms with Crippen molar-refractivity contribution in [1.82, 2.24) is 24.8 Å². The molecule has 94 valence electrons. The van der Waals surface area contributed by atoms with Crippen LogP contribution in [-0.4, -0.2) is 44.8 Å². The lowest BCUT2D eigenvalue weighted by Gasteiger charge is -2.14. The zero-order valence-corrected chi connectivity index (χ0v) is 10.2. The molecular weight excluding hydrogens is 232 g/mol. The third-order valence-electron chi connectivity index (χ3n) is 2.42. The molecule has 0 atom stereocenters. The Labute approximate surface area is 104 Å². The standard InChI is InChI=1S/C11H14N6O/c1-12-9-6-15-8(5-16-9)11(18)17(2)7-10-13-3-4-14-10/h3-6H,7H2,1-2H3,(H,12,16)(H,13,14). The van der Waals surface area contributed by atoms with Crippen molar-refractivity contribution in [2.45, 2.75) is 6.54 Å². The van der Waals surface area contributed by atoms with Crippen molar-refractivity contribution < 1.29 is 4.79 Å². The minimum Gasteiger partial charge on any atom is -0.372 e. The van der Waals surface area contributed by atoms with Crippen molar-refractivity contribution in [1.29, 1.82) is 0 Å². The molecule has 0 saturated carbocycles. The molecule has 0 aliphatic carbocycles. The molecule has 7 heteroatoms. The number of nitrogens with one attached hydrogen (secondary N) is 2. The molecule has 0 saturated heterocycles. The summed E-state index contributed by atoms with van der Waals surface area (Å²) in [5.41, 5.74) is 0.308. The number of carbonyl (C=O) groups excluding carboxylic acids is 1.